The van der Waals surface area contributed by atoms with Crippen molar-refractivity contribution in [3.63, 3.8) is 0 Å². The molecule has 1 aliphatic rings. The van der Waals surface area contributed by atoms with Gasteiger partial charge in [-0.15, -0.1) is 11.6 Å². The van der Waals surface area contributed by atoms with Crippen molar-refractivity contribution >= 4 is 28.9 Å². The maximum absolute atomic E-state index is 12.3. The van der Waals surface area contributed by atoms with Crippen molar-refractivity contribution in [2.45, 2.75) is 12.1 Å². The Morgan fingerprint density at radius 2 is 1.75 bits per heavy atom. The van der Waals surface area contributed by atoms with E-state index < -0.39 is 12.7 Å². The topological polar surface area (TPSA) is 6.48 Å². The molecule has 0 radical (unpaired) electrons. The molecule has 7 heteroatoms. The summed E-state index contributed by atoms with van der Waals surface area (Å²) in [6.07, 6.45) is -4.14. The van der Waals surface area contributed by atoms with Crippen LogP contribution < -0.4 is 4.90 Å². The molecule has 0 aromatic heterocycles. The highest BCUT2D eigenvalue weighted by Gasteiger charge is 2.32. The molecule has 2 rings (SSSR count). The summed E-state index contributed by atoms with van der Waals surface area (Å²) >= 11 is 12.0. The zero-order chi connectivity index (χ0) is 14.8. The van der Waals surface area contributed by atoms with Gasteiger partial charge >= 0.3 is 6.18 Å². The van der Waals surface area contributed by atoms with Gasteiger partial charge in [0.2, 0.25) is 0 Å². The van der Waals surface area contributed by atoms with Crippen LogP contribution in [0, 0.1) is 0 Å². The lowest BCUT2D eigenvalue weighted by Crippen LogP contribution is -2.49. The molecule has 112 valence electrons. The third-order valence-corrected chi connectivity index (χ3v) is 3.96. The van der Waals surface area contributed by atoms with Crippen molar-refractivity contribution in [2.24, 2.45) is 0 Å². The molecule has 1 aromatic carbocycles. The van der Waals surface area contributed by atoms with E-state index in [2.05, 4.69) is 0 Å². The second kappa shape index (κ2) is 6.41. The minimum Gasteiger partial charge on any atom is -0.369 e. The number of hydrogen-bond acceptors (Lipinski definition) is 2. The minimum atomic E-state index is -4.14. The maximum Gasteiger partial charge on any atom is 0.401 e. The van der Waals surface area contributed by atoms with Crippen molar-refractivity contribution in [3.8, 4) is 0 Å². The van der Waals surface area contributed by atoms with Gasteiger partial charge in [-0.1, -0.05) is 17.7 Å². The second-order valence-electron chi connectivity index (χ2n) is 4.75. The fourth-order valence-electron chi connectivity index (χ4n) is 2.38. The Hall–Kier alpha value is -0.650. The normalized spacial score (nSPS) is 17.6. The monoisotopic (exact) mass is 326 g/mol. The highest BCUT2D eigenvalue weighted by molar-refractivity contribution is 6.32. The molecule has 1 heterocycles. The van der Waals surface area contributed by atoms with E-state index in [0.29, 0.717) is 31.2 Å². The molecule has 0 unspecified atom stereocenters. The zero-order valence-corrected chi connectivity index (χ0v) is 12.3. The van der Waals surface area contributed by atoms with Gasteiger partial charge in [-0.3, -0.25) is 4.90 Å². The summed E-state index contributed by atoms with van der Waals surface area (Å²) in [5, 5.41) is 0.593. The molecular weight excluding hydrogens is 312 g/mol. The average molecular weight is 327 g/mol. The summed E-state index contributed by atoms with van der Waals surface area (Å²) in [5.41, 5.74) is 1.75. The van der Waals surface area contributed by atoms with Gasteiger partial charge in [0.1, 0.15) is 0 Å². The van der Waals surface area contributed by atoms with E-state index in [4.69, 9.17) is 23.2 Å². The van der Waals surface area contributed by atoms with E-state index >= 15 is 0 Å². The molecule has 20 heavy (non-hydrogen) atoms. The molecule has 0 atom stereocenters. The van der Waals surface area contributed by atoms with Crippen LogP contribution in [0.5, 0.6) is 0 Å². The van der Waals surface area contributed by atoms with Crippen LogP contribution in [0.2, 0.25) is 5.02 Å². The van der Waals surface area contributed by atoms with Gasteiger partial charge in [0.25, 0.3) is 0 Å². The van der Waals surface area contributed by atoms with Crippen molar-refractivity contribution in [1.82, 2.24) is 4.90 Å². The first-order valence-electron chi connectivity index (χ1n) is 6.28. The molecular formula is C13H15Cl2F3N2. The van der Waals surface area contributed by atoms with Crippen molar-refractivity contribution in [1.29, 1.82) is 0 Å². The standard InChI is InChI=1S/C13H15Cl2F3N2/c14-8-10-11(15)2-1-3-12(10)20-6-4-19(5-7-20)9-13(16,17)18/h1-3H,4-9H2. The predicted molar refractivity (Wildman–Crippen MR) is 75.7 cm³/mol. The molecule has 1 aromatic rings. The Morgan fingerprint density at radius 3 is 2.30 bits per heavy atom. The number of alkyl halides is 4. The number of benzene rings is 1. The fourth-order valence-corrected chi connectivity index (χ4v) is 2.96. The summed E-state index contributed by atoms with van der Waals surface area (Å²) < 4.78 is 37.0. The van der Waals surface area contributed by atoms with E-state index in [0.717, 1.165) is 11.3 Å². The Balaban J connectivity index is 2.02. The number of piperazine rings is 1. The molecule has 0 aliphatic carbocycles. The number of anilines is 1. The number of hydrogen-bond donors (Lipinski definition) is 0. The van der Waals surface area contributed by atoms with Crippen LogP contribution in [0.1, 0.15) is 5.56 Å². The minimum absolute atomic E-state index is 0.289. The number of rotatable bonds is 3. The molecule has 0 spiro atoms. The van der Waals surface area contributed by atoms with E-state index in [1.54, 1.807) is 6.07 Å². The average Bonchev–Trinajstić information content (AvgIpc) is 2.37. The first kappa shape index (κ1) is 15.7. The molecule has 0 amide bonds. The largest absolute Gasteiger partial charge is 0.401 e. The SMILES string of the molecule is FC(F)(F)CN1CCN(c2cccc(Cl)c2CCl)CC1. The molecule has 1 saturated heterocycles. The second-order valence-corrected chi connectivity index (χ2v) is 5.42. The first-order valence-corrected chi connectivity index (χ1v) is 7.19. The van der Waals surface area contributed by atoms with Crippen LogP contribution in [0.4, 0.5) is 18.9 Å². The lowest BCUT2D eigenvalue weighted by atomic mass is 10.1. The molecule has 0 N–H and O–H groups in total. The van der Waals surface area contributed by atoms with Gasteiger partial charge in [0.05, 0.1) is 12.4 Å². The van der Waals surface area contributed by atoms with Crippen LogP contribution in [0.15, 0.2) is 18.2 Å². The van der Waals surface area contributed by atoms with Gasteiger partial charge in [0, 0.05) is 42.5 Å². The van der Waals surface area contributed by atoms with E-state index in [1.807, 2.05) is 17.0 Å². The van der Waals surface area contributed by atoms with Crippen LogP contribution in [-0.4, -0.2) is 43.8 Å². The van der Waals surface area contributed by atoms with Crippen LogP contribution >= 0.6 is 23.2 Å². The van der Waals surface area contributed by atoms with E-state index in [1.165, 1.54) is 4.90 Å². The third-order valence-electron chi connectivity index (χ3n) is 3.34. The highest BCUT2D eigenvalue weighted by atomic mass is 35.5. The summed E-state index contributed by atoms with van der Waals surface area (Å²) in [6.45, 7) is 1.00. The first-order chi connectivity index (χ1) is 9.40. The van der Waals surface area contributed by atoms with Crippen molar-refractivity contribution in [3.05, 3.63) is 28.8 Å². The lowest BCUT2D eigenvalue weighted by Gasteiger charge is -2.37. The smallest absolute Gasteiger partial charge is 0.369 e. The summed E-state index contributed by atoms with van der Waals surface area (Å²) in [5.74, 6) is 0.289. The Labute approximate surface area is 126 Å². The van der Waals surface area contributed by atoms with E-state index in [-0.39, 0.29) is 5.88 Å². The Kier molecular flexibility index (Phi) is 5.04. The third kappa shape index (κ3) is 3.93. The van der Waals surface area contributed by atoms with E-state index in [9.17, 15) is 13.2 Å². The van der Waals surface area contributed by atoms with Gasteiger partial charge < -0.3 is 4.90 Å². The lowest BCUT2D eigenvalue weighted by molar-refractivity contribution is -0.146. The van der Waals surface area contributed by atoms with Crippen molar-refractivity contribution in [2.75, 3.05) is 37.6 Å². The van der Waals surface area contributed by atoms with Crippen LogP contribution in [0.25, 0.3) is 0 Å². The van der Waals surface area contributed by atoms with Gasteiger partial charge in [-0.05, 0) is 12.1 Å². The maximum atomic E-state index is 12.3. The molecule has 0 bridgehead atoms. The highest BCUT2D eigenvalue weighted by Crippen LogP contribution is 2.30. The number of halogens is 5. The van der Waals surface area contributed by atoms with Gasteiger partial charge in [-0.2, -0.15) is 13.2 Å². The number of nitrogens with zero attached hydrogens (tertiary/aromatic N) is 2. The molecule has 0 saturated carbocycles. The van der Waals surface area contributed by atoms with Crippen LogP contribution in [-0.2, 0) is 5.88 Å². The zero-order valence-electron chi connectivity index (χ0n) is 10.8. The molecule has 1 aliphatic heterocycles. The summed E-state index contributed by atoms with van der Waals surface area (Å²) in [7, 11) is 0. The van der Waals surface area contributed by atoms with Crippen molar-refractivity contribution < 1.29 is 13.2 Å². The molecule has 2 nitrogen and oxygen atoms in total. The summed E-state index contributed by atoms with van der Waals surface area (Å²) in [6, 6.07) is 5.50. The fraction of sp³-hybridized carbons (Fsp3) is 0.538. The predicted octanol–water partition coefficient (Wildman–Crippen LogP) is 3.76. The Morgan fingerprint density at radius 1 is 1.10 bits per heavy atom. The summed E-state index contributed by atoms with van der Waals surface area (Å²) in [4.78, 5) is 3.46. The molecule has 1 fully saturated rings. The quantitative estimate of drug-likeness (QED) is 0.780. The van der Waals surface area contributed by atoms with Gasteiger partial charge in [-0.25, -0.2) is 0 Å². The van der Waals surface area contributed by atoms with Gasteiger partial charge in [0.15, 0.2) is 0 Å². The Bertz CT molecular complexity index is 457. The van der Waals surface area contributed by atoms with Crippen LogP contribution in [0.3, 0.4) is 0 Å².